The normalized spacial score (nSPS) is 14.6. The third-order valence-corrected chi connectivity index (χ3v) is 7.18. The first-order chi connectivity index (χ1) is 19.7. The molecule has 4 aromatic rings. The second kappa shape index (κ2) is 12.0. The van der Waals surface area contributed by atoms with Crippen molar-refractivity contribution in [1.82, 2.24) is 0 Å². The largest absolute Gasteiger partial charge is 0.488 e. The maximum absolute atomic E-state index is 13.0. The molecule has 0 bridgehead atoms. The quantitative estimate of drug-likeness (QED) is 0.228. The number of hydrazone groups is 1. The van der Waals surface area contributed by atoms with Gasteiger partial charge in [-0.25, -0.2) is 5.01 Å². The Morgan fingerprint density at radius 3 is 2.24 bits per heavy atom. The molecule has 1 atom stereocenters. The summed E-state index contributed by atoms with van der Waals surface area (Å²) in [6.07, 6.45) is -0.622. The maximum Gasteiger partial charge on any atom is 0.221 e. The van der Waals surface area contributed by atoms with E-state index in [4.69, 9.17) is 33.0 Å². The predicted molar refractivity (Wildman–Crippen MR) is 165 cm³/mol. The highest BCUT2D eigenvalue weighted by molar-refractivity contribution is 6.44. The summed E-state index contributed by atoms with van der Waals surface area (Å²) in [7, 11) is 0. The van der Waals surface area contributed by atoms with Gasteiger partial charge in [0.1, 0.15) is 12.4 Å². The fourth-order valence-corrected chi connectivity index (χ4v) is 5.00. The van der Waals surface area contributed by atoms with Crippen LogP contribution in [0.2, 0.25) is 10.0 Å². The average Bonchev–Trinajstić information content (AvgIpc) is 3.34. The lowest BCUT2D eigenvalue weighted by molar-refractivity contribution is -0.114. The molecule has 0 saturated heterocycles. The molecule has 1 aliphatic heterocycles. The number of rotatable bonds is 8. The van der Waals surface area contributed by atoms with Crippen LogP contribution in [0.25, 0.3) is 0 Å². The van der Waals surface area contributed by atoms with Crippen molar-refractivity contribution in [2.45, 2.75) is 33.5 Å². The number of Topliss-reactive ketones (excluding diaryl/α,β-unsaturated/α-hetero) is 1. The Bertz CT molecular complexity index is 1620. The summed E-state index contributed by atoms with van der Waals surface area (Å²) in [5, 5.41) is 10.5. The Hall–Kier alpha value is -4.33. The van der Waals surface area contributed by atoms with Gasteiger partial charge in [-0.3, -0.25) is 14.5 Å². The van der Waals surface area contributed by atoms with Gasteiger partial charge in [-0.1, -0.05) is 59.1 Å². The van der Waals surface area contributed by atoms with Crippen molar-refractivity contribution >= 4 is 57.8 Å². The number of halogens is 2. The standard InChI is InChI=1S/C32H28Cl2N4O3/c1-20-8-13-27(14-9-20)38-32(28-18-24(33)10-17-30(28)41-19-23-6-4-5-7-29(23)34)37(31(36-38)21(2)39)26-15-11-25(12-16-26)35-22(3)40/h4-18,32H,19H2,1-3H3,(H,35,40). The molecule has 9 heteroatoms. The highest BCUT2D eigenvalue weighted by Crippen LogP contribution is 2.43. The highest BCUT2D eigenvalue weighted by atomic mass is 35.5. The molecule has 0 saturated carbocycles. The van der Waals surface area contributed by atoms with E-state index < -0.39 is 6.17 Å². The first kappa shape index (κ1) is 28.2. The summed E-state index contributed by atoms with van der Waals surface area (Å²) in [4.78, 5) is 26.5. The van der Waals surface area contributed by atoms with Crippen LogP contribution in [0.15, 0.2) is 96.1 Å². The van der Waals surface area contributed by atoms with Crippen LogP contribution >= 0.6 is 23.2 Å². The minimum absolute atomic E-state index is 0.174. The molecule has 4 aromatic carbocycles. The molecule has 1 amide bonds. The Kier molecular flexibility index (Phi) is 8.28. The zero-order valence-electron chi connectivity index (χ0n) is 22.8. The molecule has 1 unspecified atom stereocenters. The van der Waals surface area contributed by atoms with E-state index >= 15 is 0 Å². The van der Waals surface area contributed by atoms with Gasteiger partial charge in [0.2, 0.25) is 5.91 Å². The van der Waals surface area contributed by atoms with E-state index in [0.717, 1.165) is 16.8 Å². The van der Waals surface area contributed by atoms with Crippen molar-refractivity contribution < 1.29 is 14.3 Å². The number of ketones is 1. The summed E-state index contributed by atoms with van der Waals surface area (Å²) in [5.41, 5.74) is 4.76. The number of anilines is 3. The van der Waals surface area contributed by atoms with Gasteiger partial charge in [0.05, 0.1) is 5.69 Å². The first-order valence-corrected chi connectivity index (χ1v) is 13.7. The number of hydrogen-bond acceptors (Lipinski definition) is 6. The number of nitrogens with zero attached hydrogens (tertiary/aromatic N) is 3. The van der Waals surface area contributed by atoms with E-state index in [1.54, 1.807) is 23.2 Å². The lowest BCUT2D eigenvalue weighted by Crippen LogP contribution is -2.38. The number of amides is 1. The summed E-state index contributed by atoms with van der Waals surface area (Å²) >= 11 is 13.0. The Balaban J connectivity index is 1.64. The maximum atomic E-state index is 13.0. The first-order valence-electron chi connectivity index (χ1n) is 13.0. The van der Waals surface area contributed by atoms with Crippen LogP contribution in [0, 0.1) is 6.92 Å². The second-order valence-electron chi connectivity index (χ2n) is 9.69. The second-order valence-corrected chi connectivity index (χ2v) is 10.5. The molecule has 0 aliphatic carbocycles. The van der Waals surface area contributed by atoms with Gasteiger partial charge < -0.3 is 10.1 Å². The van der Waals surface area contributed by atoms with Gasteiger partial charge >= 0.3 is 0 Å². The SMILES string of the molecule is CC(=O)Nc1ccc(N2C(C(C)=O)=NN(c3ccc(C)cc3)C2c2cc(Cl)ccc2OCc2ccccc2Cl)cc1. The Labute approximate surface area is 248 Å². The van der Waals surface area contributed by atoms with E-state index in [2.05, 4.69) is 5.32 Å². The van der Waals surface area contributed by atoms with E-state index in [1.807, 2.05) is 84.6 Å². The third kappa shape index (κ3) is 6.21. The molecule has 0 spiro atoms. The Morgan fingerprint density at radius 1 is 0.902 bits per heavy atom. The number of hydrogen-bond donors (Lipinski definition) is 1. The van der Waals surface area contributed by atoms with Crippen LogP contribution in [-0.4, -0.2) is 17.5 Å². The van der Waals surface area contributed by atoms with Crippen molar-refractivity contribution in [3.05, 3.63) is 118 Å². The molecular formula is C32H28Cl2N4O3. The summed E-state index contributed by atoms with van der Waals surface area (Å²) in [6.45, 7) is 5.18. The van der Waals surface area contributed by atoms with E-state index in [0.29, 0.717) is 32.7 Å². The number of benzene rings is 4. The predicted octanol–water partition coefficient (Wildman–Crippen LogP) is 7.77. The van der Waals surface area contributed by atoms with Crippen LogP contribution in [0.1, 0.15) is 36.7 Å². The van der Waals surface area contributed by atoms with Crippen molar-refractivity contribution in [3.8, 4) is 5.75 Å². The minimum atomic E-state index is -0.622. The van der Waals surface area contributed by atoms with Crippen molar-refractivity contribution in [2.24, 2.45) is 5.10 Å². The number of nitrogens with one attached hydrogen (secondary N) is 1. The number of carbonyl (C=O) groups excluding carboxylic acids is 2. The van der Waals surface area contributed by atoms with Crippen LogP contribution in [-0.2, 0) is 16.2 Å². The van der Waals surface area contributed by atoms with E-state index in [-0.39, 0.29) is 24.1 Å². The van der Waals surface area contributed by atoms with E-state index in [1.165, 1.54) is 13.8 Å². The van der Waals surface area contributed by atoms with Crippen molar-refractivity contribution in [1.29, 1.82) is 0 Å². The van der Waals surface area contributed by atoms with Gasteiger partial charge in [0.15, 0.2) is 17.8 Å². The average molecular weight is 588 g/mol. The lowest BCUT2D eigenvalue weighted by Gasteiger charge is -2.33. The van der Waals surface area contributed by atoms with Gasteiger partial charge in [0, 0.05) is 46.4 Å². The lowest BCUT2D eigenvalue weighted by atomic mass is 10.1. The molecule has 0 radical (unpaired) electrons. The van der Waals surface area contributed by atoms with Crippen LogP contribution in [0.4, 0.5) is 17.1 Å². The number of carbonyl (C=O) groups is 2. The van der Waals surface area contributed by atoms with Gasteiger partial charge in [0.25, 0.3) is 0 Å². The smallest absolute Gasteiger partial charge is 0.221 e. The Morgan fingerprint density at radius 2 is 1.59 bits per heavy atom. The summed E-state index contributed by atoms with van der Waals surface area (Å²) in [6, 6.07) is 28.0. The van der Waals surface area contributed by atoms with Crippen LogP contribution < -0.4 is 20.0 Å². The number of aryl methyl sites for hydroxylation is 1. The van der Waals surface area contributed by atoms with Crippen LogP contribution in [0.3, 0.4) is 0 Å². The zero-order chi connectivity index (χ0) is 29.1. The van der Waals surface area contributed by atoms with Gasteiger partial charge in [-0.15, -0.1) is 5.10 Å². The summed E-state index contributed by atoms with van der Waals surface area (Å²) < 4.78 is 6.34. The van der Waals surface area contributed by atoms with Crippen molar-refractivity contribution in [2.75, 3.05) is 15.2 Å². The molecule has 0 aromatic heterocycles. The fourth-order valence-electron chi connectivity index (χ4n) is 4.63. The highest BCUT2D eigenvalue weighted by Gasteiger charge is 2.41. The van der Waals surface area contributed by atoms with Gasteiger partial charge in [-0.2, -0.15) is 0 Å². The summed E-state index contributed by atoms with van der Waals surface area (Å²) in [5.74, 6) is 0.430. The molecule has 208 valence electrons. The molecule has 7 nitrogen and oxygen atoms in total. The van der Waals surface area contributed by atoms with Crippen molar-refractivity contribution in [3.63, 3.8) is 0 Å². The van der Waals surface area contributed by atoms with E-state index in [9.17, 15) is 9.59 Å². The van der Waals surface area contributed by atoms with Gasteiger partial charge in [-0.05, 0) is 67.6 Å². The fraction of sp³-hybridized carbons (Fsp3) is 0.156. The molecule has 1 heterocycles. The molecule has 41 heavy (non-hydrogen) atoms. The number of amidine groups is 1. The third-order valence-electron chi connectivity index (χ3n) is 6.58. The molecule has 1 N–H and O–H groups in total. The zero-order valence-corrected chi connectivity index (χ0v) is 24.3. The minimum Gasteiger partial charge on any atom is -0.488 e. The molecule has 0 fully saturated rings. The number of ether oxygens (including phenoxy) is 1. The molecular weight excluding hydrogens is 559 g/mol. The van der Waals surface area contributed by atoms with Crippen LogP contribution in [0.5, 0.6) is 5.75 Å². The topological polar surface area (TPSA) is 74.2 Å². The monoisotopic (exact) mass is 586 g/mol. The molecule has 1 aliphatic rings. The molecule has 5 rings (SSSR count).